The van der Waals surface area contributed by atoms with Gasteiger partial charge in [0, 0.05) is 43.1 Å². The molecule has 1 atom stereocenters. The minimum Gasteiger partial charge on any atom is -0.444 e. The van der Waals surface area contributed by atoms with Crippen molar-refractivity contribution >= 4 is 17.5 Å². The van der Waals surface area contributed by atoms with Crippen molar-refractivity contribution in [2.75, 3.05) is 32.1 Å². The fraction of sp³-hybridized carbons (Fsp3) is 0.364. The first-order chi connectivity index (χ1) is 20.1. The summed E-state index contributed by atoms with van der Waals surface area (Å²) in [7, 11) is 4.30. The lowest BCUT2D eigenvalue weighted by Crippen LogP contribution is -2.32. The summed E-state index contributed by atoms with van der Waals surface area (Å²) < 4.78 is 9.90. The molecular formula is C33H37N7O2. The predicted octanol–water partition coefficient (Wildman–Crippen LogP) is 6.09. The van der Waals surface area contributed by atoms with Gasteiger partial charge in [-0.25, -0.2) is 14.6 Å². The van der Waals surface area contributed by atoms with Crippen molar-refractivity contribution in [1.82, 2.24) is 24.3 Å². The number of anilines is 1. The Labute approximate surface area is 247 Å². The van der Waals surface area contributed by atoms with Crippen molar-refractivity contribution in [3.8, 4) is 28.3 Å². The van der Waals surface area contributed by atoms with Crippen molar-refractivity contribution in [2.45, 2.75) is 51.9 Å². The molecule has 216 valence electrons. The second-order valence-electron chi connectivity index (χ2n) is 12.3. The van der Waals surface area contributed by atoms with Gasteiger partial charge in [-0.05, 0) is 76.7 Å². The highest BCUT2D eigenvalue weighted by Crippen LogP contribution is 2.37. The zero-order valence-corrected chi connectivity index (χ0v) is 24.9. The summed E-state index contributed by atoms with van der Waals surface area (Å²) >= 11 is 0. The second-order valence-corrected chi connectivity index (χ2v) is 12.3. The summed E-state index contributed by atoms with van der Waals surface area (Å²) in [5, 5.41) is 2.91. The van der Waals surface area contributed by atoms with Crippen LogP contribution < -0.4 is 10.2 Å². The Bertz CT molecular complexity index is 1670. The molecule has 2 aliphatic rings. The molecule has 2 aliphatic heterocycles. The molecular weight excluding hydrogens is 526 g/mol. The lowest BCUT2D eigenvalue weighted by molar-refractivity contribution is 0.0522. The molecule has 1 amide bonds. The average molecular weight is 564 g/mol. The molecule has 1 saturated heterocycles. The van der Waals surface area contributed by atoms with E-state index in [1.807, 2.05) is 51.2 Å². The third-order valence-corrected chi connectivity index (χ3v) is 8.01. The number of amides is 1. The molecule has 0 bridgehead atoms. The van der Waals surface area contributed by atoms with Gasteiger partial charge < -0.3 is 24.4 Å². The SMILES string of the molecule is [C-]#[N+]c1ccc(-c2cc3n(c2)Cc2cc(N4CC[C@@H](N(C)C)C4)ccc2-n2c(CNC(=O)OC(C)(C)C)cnc2-3)cc1. The third-order valence-electron chi connectivity index (χ3n) is 8.01. The summed E-state index contributed by atoms with van der Waals surface area (Å²) in [5.74, 6) is 0.820. The molecule has 9 nitrogen and oxygen atoms in total. The Morgan fingerprint density at radius 1 is 1.14 bits per heavy atom. The van der Waals surface area contributed by atoms with Crippen molar-refractivity contribution in [2.24, 2.45) is 0 Å². The van der Waals surface area contributed by atoms with Gasteiger partial charge in [0.1, 0.15) is 5.60 Å². The molecule has 0 unspecified atom stereocenters. The van der Waals surface area contributed by atoms with Gasteiger partial charge in [0.2, 0.25) is 0 Å². The van der Waals surface area contributed by atoms with Crippen LogP contribution >= 0.6 is 0 Å². The molecule has 0 radical (unpaired) electrons. The van der Waals surface area contributed by atoms with Crippen molar-refractivity contribution in [3.63, 3.8) is 0 Å². The van der Waals surface area contributed by atoms with Gasteiger partial charge in [-0.1, -0.05) is 24.3 Å². The van der Waals surface area contributed by atoms with Gasteiger partial charge in [0.15, 0.2) is 11.5 Å². The van der Waals surface area contributed by atoms with E-state index in [0.29, 0.717) is 18.3 Å². The van der Waals surface area contributed by atoms with Crippen LogP contribution in [-0.4, -0.2) is 63.9 Å². The maximum absolute atomic E-state index is 12.5. The Balaban J connectivity index is 1.40. The van der Waals surface area contributed by atoms with Crippen molar-refractivity contribution in [1.29, 1.82) is 0 Å². The van der Waals surface area contributed by atoms with E-state index >= 15 is 0 Å². The molecule has 0 spiro atoms. The number of nitrogens with zero attached hydrogens (tertiary/aromatic N) is 6. The van der Waals surface area contributed by atoms with E-state index in [4.69, 9.17) is 16.3 Å². The normalized spacial score (nSPS) is 15.9. The molecule has 2 aromatic carbocycles. The highest BCUT2D eigenvalue weighted by atomic mass is 16.6. The van der Waals surface area contributed by atoms with Crippen LogP contribution in [-0.2, 0) is 17.8 Å². The number of nitrogens with one attached hydrogen (secondary N) is 1. The zero-order chi connectivity index (χ0) is 29.6. The third kappa shape index (κ3) is 5.38. The van der Waals surface area contributed by atoms with E-state index in [-0.39, 0.29) is 6.54 Å². The maximum atomic E-state index is 12.5. The number of imidazole rings is 1. The topological polar surface area (TPSA) is 71.9 Å². The maximum Gasteiger partial charge on any atom is 0.407 e. The number of hydrogen-bond donors (Lipinski definition) is 1. The number of alkyl carbamates (subject to hydrolysis) is 1. The predicted molar refractivity (Wildman–Crippen MR) is 165 cm³/mol. The number of benzene rings is 2. The number of hydrogen-bond acceptors (Lipinski definition) is 5. The molecule has 4 heterocycles. The van der Waals surface area contributed by atoms with E-state index in [1.165, 1.54) is 11.3 Å². The van der Waals surface area contributed by atoms with E-state index < -0.39 is 11.7 Å². The molecule has 2 aromatic heterocycles. The van der Waals surface area contributed by atoms with Crippen LogP contribution in [0.3, 0.4) is 0 Å². The molecule has 6 rings (SSSR count). The quantitative estimate of drug-likeness (QED) is 0.262. The molecule has 0 saturated carbocycles. The van der Waals surface area contributed by atoms with Crippen LogP contribution in [0.1, 0.15) is 38.4 Å². The standard InChI is InChI=1S/C33H37N7O2/c1-33(2,3)42-32(41)36-18-28-17-35-31-30-16-23(22-7-9-25(34-4)10-8-22)19-39(30)20-24-15-26(11-12-29(24)40(28)31)38-14-13-27(21-38)37(5)6/h7-12,15-17,19,27H,13-14,18,20-21H2,1-3,5-6H3,(H,36,41)/t27-/m1/s1. The Hall–Kier alpha value is -4.55. The molecule has 42 heavy (non-hydrogen) atoms. The highest BCUT2D eigenvalue weighted by Gasteiger charge is 2.28. The van der Waals surface area contributed by atoms with Crippen LogP contribution in [0, 0.1) is 6.57 Å². The number of aromatic nitrogens is 3. The molecule has 4 aromatic rings. The lowest BCUT2D eigenvalue weighted by Gasteiger charge is -2.23. The number of carbonyl (C=O) groups is 1. The van der Waals surface area contributed by atoms with E-state index in [1.54, 1.807) is 0 Å². The molecule has 9 heteroatoms. The van der Waals surface area contributed by atoms with Crippen molar-refractivity contribution in [3.05, 3.63) is 83.6 Å². The van der Waals surface area contributed by atoms with Crippen LogP contribution in [0.4, 0.5) is 16.2 Å². The summed E-state index contributed by atoms with van der Waals surface area (Å²) in [4.78, 5) is 25.7. The van der Waals surface area contributed by atoms with Gasteiger partial charge >= 0.3 is 6.09 Å². The first kappa shape index (κ1) is 27.6. The van der Waals surface area contributed by atoms with Gasteiger partial charge in [0.25, 0.3) is 0 Å². The first-order valence-electron chi connectivity index (χ1n) is 14.4. The molecule has 0 aliphatic carbocycles. The fourth-order valence-corrected chi connectivity index (χ4v) is 5.85. The second kappa shape index (κ2) is 10.7. The van der Waals surface area contributed by atoms with E-state index in [9.17, 15) is 4.79 Å². The average Bonchev–Trinajstić information content (AvgIpc) is 3.68. The number of rotatable bonds is 5. The summed E-state index contributed by atoms with van der Waals surface area (Å²) in [5.41, 5.74) is 7.49. The zero-order valence-electron chi connectivity index (χ0n) is 24.9. The van der Waals surface area contributed by atoms with Crippen LogP contribution in [0.25, 0.3) is 33.2 Å². The smallest absolute Gasteiger partial charge is 0.407 e. The Morgan fingerprint density at radius 2 is 1.93 bits per heavy atom. The fourth-order valence-electron chi connectivity index (χ4n) is 5.85. The van der Waals surface area contributed by atoms with Crippen molar-refractivity contribution < 1.29 is 9.53 Å². The van der Waals surface area contributed by atoms with E-state index in [2.05, 4.69) is 73.7 Å². The number of carbonyl (C=O) groups excluding carboxylic acids is 1. The Kier molecular flexibility index (Phi) is 7.03. The number of likely N-dealkylation sites (N-methyl/N-ethyl adjacent to an activating group) is 1. The van der Waals surface area contributed by atoms with Gasteiger partial charge in [-0.3, -0.25) is 4.57 Å². The van der Waals surface area contributed by atoms with Crippen LogP contribution in [0.15, 0.2) is 60.9 Å². The minimum absolute atomic E-state index is 0.283. The molecule has 1 fully saturated rings. The molecule has 1 N–H and O–H groups in total. The Morgan fingerprint density at radius 3 is 2.62 bits per heavy atom. The van der Waals surface area contributed by atoms with Crippen LogP contribution in [0.5, 0.6) is 0 Å². The first-order valence-corrected chi connectivity index (χ1v) is 14.4. The van der Waals surface area contributed by atoms with Crippen LogP contribution in [0.2, 0.25) is 0 Å². The number of fused-ring (bicyclic) bond motifs is 5. The van der Waals surface area contributed by atoms with Gasteiger partial charge in [-0.15, -0.1) is 0 Å². The largest absolute Gasteiger partial charge is 0.444 e. The lowest BCUT2D eigenvalue weighted by atomic mass is 10.1. The van der Waals surface area contributed by atoms with Gasteiger partial charge in [-0.2, -0.15) is 0 Å². The van der Waals surface area contributed by atoms with Gasteiger partial charge in [0.05, 0.1) is 36.4 Å². The minimum atomic E-state index is -0.577. The summed E-state index contributed by atoms with van der Waals surface area (Å²) in [6.07, 6.45) is 4.69. The highest BCUT2D eigenvalue weighted by molar-refractivity contribution is 5.74. The van der Waals surface area contributed by atoms with E-state index in [0.717, 1.165) is 53.5 Å². The summed E-state index contributed by atoms with van der Waals surface area (Å²) in [6.45, 7) is 15.9. The summed E-state index contributed by atoms with van der Waals surface area (Å²) in [6, 6.07) is 17.1. The number of ether oxygens (including phenoxy) is 1. The monoisotopic (exact) mass is 563 g/mol.